The highest BCUT2D eigenvalue weighted by Crippen LogP contribution is 2.33. The number of likely N-dealkylation sites (tertiary alicyclic amines) is 1. The zero-order valence-electron chi connectivity index (χ0n) is 15.0. The maximum atomic E-state index is 13.1. The van der Waals surface area contributed by atoms with Crippen LogP contribution in [0.4, 0.5) is 14.6 Å². The number of nitrogens with one attached hydrogen (secondary N) is 1. The highest BCUT2D eigenvalue weighted by atomic mass is 19.3. The van der Waals surface area contributed by atoms with Crippen LogP contribution >= 0.6 is 0 Å². The molecule has 8 nitrogen and oxygen atoms in total. The van der Waals surface area contributed by atoms with Crippen LogP contribution in [-0.4, -0.2) is 58.8 Å². The third kappa shape index (κ3) is 4.25. The second-order valence-electron chi connectivity index (χ2n) is 6.13. The van der Waals surface area contributed by atoms with E-state index in [1.807, 2.05) is 0 Å². The van der Waals surface area contributed by atoms with Gasteiger partial charge in [0.2, 0.25) is 5.91 Å². The first-order valence-electron chi connectivity index (χ1n) is 8.14. The lowest BCUT2D eigenvalue weighted by Gasteiger charge is -2.24. The number of halogens is 2. The summed E-state index contributed by atoms with van der Waals surface area (Å²) >= 11 is 0. The molecule has 0 aliphatic carbocycles. The molecule has 2 amide bonds. The number of carbonyl (C=O) groups is 2. The Hall–Kier alpha value is -2.93. The van der Waals surface area contributed by atoms with Crippen LogP contribution in [0, 0.1) is 12.3 Å². The number of terminal acetylenes is 1. The van der Waals surface area contributed by atoms with Gasteiger partial charge in [-0.1, -0.05) is 6.58 Å². The van der Waals surface area contributed by atoms with Gasteiger partial charge in [0.25, 0.3) is 5.91 Å². The summed E-state index contributed by atoms with van der Waals surface area (Å²) in [5.41, 5.74) is 5.51. The predicted octanol–water partition coefficient (Wildman–Crippen LogP) is 0.962. The molecule has 0 radical (unpaired) electrons. The molecule has 10 heteroatoms. The van der Waals surface area contributed by atoms with Crippen molar-refractivity contribution in [1.29, 1.82) is 0 Å². The Labute approximate surface area is 155 Å². The monoisotopic (exact) mass is 381 g/mol. The van der Waals surface area contributed by atoms with E-state index in [-0.39, 0.29) is 30.8 Å². The highest BCUT2D eigenvalue weighted by molar-refractivity contribution is 6.00. The van der Waals surface area contributed by atoms with E-state index in [9.17, 15) is 18.4 Å². The molecule has 0 unspecified atom stereocenters. The number of aromatic nitrogens is 2. The molecule has 2 atom stereocenters. The standard InChI is InChI=1S/C17H21F2N5O3/c1-5-12-14(15(20)26)16(21-4)24(22-12)10-7-11(9-27-17(3,18)19)23(8-10)13(25)6-2/h1,6,10-11,21H,2,7-9H2,3-4H3,(H2,20,26)/t10-,11+/m0/s1. The van der Waals surface area contributed by atoms with Crippen molar-refractivity contribution in [3.63, 3.8) is 0 Å². The van der Waals surface area contributed by atoms with Crippen LogP contribution in [0.25, 0.3) is 0 Å². The predicted molar refractivity (Wildman–Crippen MR) is 94.2 cm³/mol. The van der Waals surface area contributed by atoms with E-state index in [0.29, 0.717) is 12.7 Å². The van der Waals surface area contributed by atoms with Crippen molar-refractivity contribution < 1.29 is 23.1 Å². The van der Waals surface area contributed by atoms with Crippen LogP contribution in [0.2, 0.25) is 0 Å². The molecule has 1 aliphatic rings. The van der Waals surface area contributed by atoms with Gasteiger partial charge < -0.3 is 20.7 Å². The topological polar surface area (TPSA) is 102 Å². The Bertz CT molecular complexity index is 794. The number of hydrogen-bond donors (Lipinski definition) is 2. The van der Waals surface area contributed by atoms with Gasteiger partial charge in [0.05, 0.1) is 18.7 Å². The van der Waals surface area contributed by atoms with Crippen LogP contribution in [0.15, 0.2) is 12.7 Å². The summed E-state index contributed by atoms with van der Waals surface area (Å²) < 4.78 is 32.2. The van der Waals surface area contributed by atoms with Gasteiger partial charge in [-0.25, -0.2) is 4.68 Å². The average molecular weight is 381 g/mol. The second kappa shape index (κ2) is 7.75. The van der Waals surface area contributed by atoms with Gasteiger partial charge in [0.15, 0.2) is 0 Å². The Kier molecular flexibility index (Phi) is 5.85. The van der Waals surface area contributed by atoms with Gasteiger partial charge in [0.1, 0.15) is 17.1 Å². The van der Waals surface area contributed by atoms with Crippen molar-refractivity contribution in [2.75, 3.05) is 25.5 Å². The molecule has 0 spiro atoms. The molecule has 0 bridgehead atoms. The van der Waals surface area contributed by atoms with Crippen molar-refractivity contribution in [2.24, 2.45) is 5.73 Å². The lowest BCUT2D eigenvalue weighted by Crippen LogP contribution is -2.38. The number of carbonyl (C=O) groups excluding carboxylic acids is 2. The largest absolute Gasteiger partial charge is 0.373 e. The number of primary amides is 1. The van der Waals surface area contributed by atoms with Gasteiger partial charge in [-0.3, -0.25) is 9.59 Å². The first-order valence-corrected chi connectivity index (χ1v) is 8.14. The fraction of sp³-hybridized carbons (Fsp3) is 0.471. The van der Waals surface area contributed by atoms with Gasteiger partial charge in [-0.15, -0.1) is 6.42 Å². The van der Waals surface area contributed by atoms with E-state index < -0.39 is 30.0 Å². The number of alkyl halides is 2. The van der Waals surface area contributed by atoms with Crippen LogP contribution in [-0.2, 0) is 9.53 Å². The van der Waals surface area contributed by atoms with E-state index >= 15 is 0 Å². The Morgan fingerprint density at radius 1 is 1.59 bits per heavy atom. The smallest absolute Gasteiger partial charge is 0.352 e. The van der Waals surface area contributed by atoms with Crippen molar-refractivity contribution >= 4 is 17.6 Å². The third-order valence-electron chi connectivity index (χ3n) is 4.26. The molecule has 1 fully saturated rings. The van der Waals surface area contributed by atoms with E-state index in [2.05, 4.69) is 27.7 Å². The average Bonchev–Trinajstić information content (AvgIpc) is 3.19. The molecular weight excluding hydrogens is 360 g/mol. The molecule has 2 heterocycles. The maximum absolute atomic E-state index is 13.1. The van der Waals surface area contributed by atoms with Crippen molar-refractivity contribution in [1.82, 2.24) is 14.7 Å². The molecule has 1 aromatic heterocycles. The quantitative estimate of drug-likeness (QED) is 0.541. The Morgan fingerprint density at radius 3 is 2.74 bits per heavy atom. The highest BCUT2D eigenvalue weighted by Gasteiger charge is 2.39. The summed E-state index contributed by atoms with van der Waals surface area (Å²) in [6, 6.07) is -1.04. The summed E-state index contributed by atoms with van der Waals surface area (Å²) in [6.07, 6.45) is 3.45. The molecule has 2 rings (SSSR count). The SMILES string of the molecule is C#Cc1nn([C@H]2C[C@H](COC(C)(F)F)N(C(=O)C=C)C2)c(NC)c1C(N)=O. The zero-order valence-corrected chi connectivity index (χ0v) is 15.0. The van der Waals surface area contributed by atoms with Crippen molar-refractivity contribution in [2.45, 2.75) is 31.5 Å². The minimum absolute atomic E-state index is 0.0568. The number of hydrogen-bond acceptors (Lipinski definition) is 5. The summed E-state index contributed by atoms with van der Waals surface area (Å²) in [5.74, 6) is 1.43. The van der Waals surface area contributed by atoms with Gasteiger partial charge >= 0.3 is 6.11 Å². The number of rotatable bonds is 7. The van der Waals surface area contributed by atoms with Crippen LogP contribution in [0.1, 0.15) is 35.4 Å². The number of amides is 2. The Balaban J connectivity index is 2.37. The van der Waals surface area contributed by atoms with E-state index in [1.165, 1.54) is 9.58 Å². The molecule has 1 aliphatic heterocycles. The maximum Gasteiger partial charge on any atom is 0.352 e. The van der Waals surface area contributed by atoms with Gasteiger partial charge in [0, 0.05) is 20.5 Å². The normalized spacial score (nSPS) is 19.6. The molecular formula is C17H21F2N5O3. The molecule has 1 saturated heterocycles. The molecule has 27 heavy (non-hydrogen) atoms. The first-order chi connectivity index (χ1) is 12.6. The first kappa shape index (κ1) is 20.4. The lowest BCUT2D eigenvalue weighted by atomic mass is 10.1. The number of anilines is 1. The fourth-order valence-corrected chi connectivity index (χ4v) is 3.13. The van der Waals surface area contributed by atoms with Crippen LogP contribution in [0.5, 0.6) is 0 Å². The van der Waals surface area contributed by atoms with Gasteiger partial charge in [-0.2, -0.15) is 13.9 Å². The van der Waals surface area contributed by atoms with Crippen molar-refractivity contribution in [3.05, 3.63) is 23.9 Å². The summed E-state index contributed by atoms with van der Waals surface area (Å²) in [4.78, 5) is 25.2. The Morgan fingerprint density at radius 2 is 2.26 bits per heavy atom. The third-order valence-corrected chi connectivity index (χ3v) is 4.26. The van der Waals surface area contributed by atoms with Crippen LogP contribution in [0.3, 0.4) is 0 Å². The fourth-order valence-electron chi connectivity index (χ4n) is 3.13. The lowest BCUT2D eigenvalue weighted by molar-refractivity contribution is -0.229. The van der Waals surface area contributed by atoms with E-state index in [1.54, 1.807) is 7.05 Å². The van der Waals surface area contributed by atoms with E-state index in [4.69, 9.17) is 12.2 Å². The number of ether oxygens (including phenoxy) is 1. The number of nitrogens with two attached hydrogens (primary N) is 1. The molecule has 0 aromatic carbocycles. The number of nitrogens with zero attached hydrogens (tertiary/aromatic N) is 3. The zero-order chi connectivity index (χ0) is 20.4. The molecule has 0 saturated carbocycles. The van der Waals surface area contributed by atoms with Crippen LogP contribution < -0.4 is 11.1 Å². The minimum Gasteiger partial charge on any atom is -0.373 e. The van der Waals surface area contributed by atoms with E-state index in [0.717, 1.165) is 6.08 Å². The van der Waals surface area contributed by atoms with Crippen molar-refractivity contribution in [3.8, 4) is 12.3 Å². The molecule has 1 aromatic rings. The molecule has 146 valence electrons. The minimum atomic E-state index is -3.32. The molecule has 3 N–H and O–H groups in total. The second-order valence-corrected chi connectivity index (χ2v) is 6.13. The summed E-state index contributed by atoms with van der Waals surface area (Å²) in [7, 11) is 1.57. The van der Waals surface area contributed by atoms with Gasteiger partial charge in [-0.05, 0) is 18.4 Å². The summed E-state index contributed by atoms with van der Waals surface area (Å²) in [6.45, 7) is 3.86. The summed E-state index contributed by atoms with van der Waals surface area (Å²) in [5, 5.41) is 7.07.